The van der Waals surface area contributed by atoms with Crippen molar-refractivity contribution in [1.82, 2.24) is 4.90 Å². The number of hydrogen-bond donors (Lipinski definition) is 0. The molecule has 0 saturated heterocycles. The number of ether oxygens (including phenoxy) is 1. The highest BCUT2D eigenvalue weighted by atomic mass is 16.5. The first-order chi connectivity index (χ1) is 16.0. The SMILES string of the molecule is CC(=O)N1CCCCCCCN(C(=O)c2ccc3c(c2)N(C)C(=O)CO3)Cc2ccccc21. The Hall–Kier alpha value is -3.35. The van der Waals surface area contributed by atoms with E-state index in [1.54, 1.807) is 32.2 Å². The van der Waals surface area contributed by atoms with Crippen LogP contribution in [0.5, 0.6) is 5.75 Å². The molecule has 4 rings (SSSR count). The highest BCUT2D eigenvalue weighted by molar-refractivity contribution is 6.01. The van der Waals surface area contributed by atoms with Gasteiger partial charge >= 0.3 is 0 Å². The van der Waals surface area contributed by atoms with E-state index in [0.29, 0.717) is 36.6 Å². The van der Waals surface area contributed by atoms with Gasteiger partial charge in [0.15, 0.2) is 6.61 Å². The van der Waals surface area contributed by atoms with E-state index in [4.69, 9.17) is 4.74 Å². The predicted molar refractivity (Wildman–Crippen MR) is 128 cm³/mol. The van der Waals surface area contributed by atoms with Gasteiger partial charge in [0.25, 0.3) is 11.8 Å². The molecule has 7 heteroatoms. The van der Waals surface area contributed by atoms with Crippen molar-refractivity contribution in [1.29, 1.82) is 0 Å². The van der Waals surface area contributed by atoms with Gasteiger partial charge in [-0.2, -0.15) is 0 Å². The quantitative estimate of drug-likeness (QED) is 0.660. The molecule has 174 valence electrons. The lowest BCUT2D eigenvalue weighted by Crippen LogP contribution is -2.36. The molecule has 0 aromatic heterocycles. The van der Waals surface area contributed by atoms with Gasteiger partial charge in [0.2, 0.25) is 5.91 Å². The van der Waals surface area contributed by atoms with Crippen LogP contribution in [0.3, 0.4) is 0 Å². The standard InChI is InChI=1S/C26H31N3O4/c1-19(30)29-15-9-5-3-4-8-14-28(17-21-10-6-7-11-22(21)29)26(32)20-12-13-24-23(16-20)27(2)25(31)18-33-24/h6-7,10-13,16H,3-5,8-9,14-15,17-18H2,1-2H3. The molecular weight excluding hydrogens is 418 g/mol. The third-order valence-corrected chi connectivity index (χ3v) is 6.41. The molecule has 0 aliphatic carbocycles. The topological polar surface area (TPSA) is 70.2 Å². The highest BCUT2D eigenvalue weighted by Gasteiger charge is 2.26. The van der Waals surface area contributed by atoms with E-state index in [1.807, 2.05) is 34.1 Å². The number of fused-ring (bicyclic) bond motifs is 2. The van der Waals surface area contributed by atoms with Crippen LogP contribution in [0.15, 0.2) is 42.5 Å². The number of hydrogen-bond acceptors (Lipinski definition) is 4. The van der Waals surface area contributed by atoms with Crippen molar-refractivity contribution in [3.63, 3.8) is 0 Å². The Kier molecular flexibility index (Phi) is 6.96. The number of nitrogens with zero attached hydrogens (tertiary/aromatic N) is 3. The van der Waals surface area contributed by atoms with Crippen LogP contribution >= 0.6 is 0 Å². The fraction of sp³-hybridized carbons (Fsp3) is 0.423. The maximum Gasteiger partial charge on any atom is 0.264 e. The van der Waals surface area contributed by atoms with Crippen molar-refractivity contribution in [3.8, 4) is 5.75 Å². The maximum atomic E-state index is 13.6. The summed E-state index contributed by atoms with van der Waals surface area (Å²) in [7, 11) is 1.70. The molecule has 0 unspecified atom stereocenters. The number of benzene rings is 2. The van der Waals surface area contributed by atoms with Crippen molar-refractivity contribution in [3.05, 3.63) is 53.6 Å². The molecule has 0 radical (unpaired) electrons. The average molecular weight is 450 g/mol. The third-order valence-electron chi connectivity index (χ3n) is 6.41. The van der Waals surface area contributed by atoms with Crippen molar-refractivity contribution < 1.29 is 19.1 Å². The van der Waals surface area contributed by atoms with Crippen molar-refractivity contribution in [2.24, 2.45) is 0 Å². The Labute approximate surface area is 194 Å². The van der Waals surface area contributed by atoms with Crippen LogP contribution in [0.4, 0.5) is 11.4 Å². The van der Waals surface area contributed by atoms with Crippen LogP contribution in [0.1, 0.15) is 54.9 Å². The zero-order valence-corrected chi connectivity index (χ0v) is 19.4. The first-order valence-corrected chi connectivity index (χ1v) is 11.6. The van der Waals surface area contributed by atoms with Crippen LogP contribution in [-0.2, 0) is 16.1 Å². The molecule has 0 N–H and O–H groups in total. The number of carbonyl (C=O) groups excluding carboxylic acids is 3. The van der Waals surface area contributed by atoms with Crippen LogP contribution < -0.4 is 14.5 Å². The Morgan fingerprint density at radius 2 is 1.64 bits per heavy atom. The molecule has 2 aliphatic rings. The minimum atomic E-state index is -0.142. The van der Waals surface area contributed by atoms with Gasteiger partial charge in [-0.05, 0) is 42.7 Å². The van der Waals surface area contributed by atoms with Crippen molar-refractivity contribution in [2.75, 3.05) is 36.5 Å². The van der Waals surface area contributed by atoms with Gasteiger partial charge in [-0.25, -0.2) is 0 Å². The zero-order chi connectivity index (χ0) is 23.4. The van der Waals surface area contributed by atoms with Gasteiger partial charge in [0.05, 0.1) is 5.69 Å². The van der Waals surface area contributed by atoms with E-state index < -0.39 is 0 Å². The molecular formula is C26H31N3O4. The van der Waals surface area contributed by atoms with E-state index in [0.717, 1.165) is 43.4 Å². The van der Waals surface area contributed by atoms with Gasteiger partial charge in [0.1, 0.15) is 5.75 Å². The molecule has 2 aromatic rings. The number of rotatable bonds is 1. The smallest absolute Gasteiger partial charge is 0.264 e. The summed E-state index contributed by atoms with van der Waals surface area (Å²) < 4.78 is 5.51. The number of carbonyl (C=O) groups is 3. The monoisotopic (exact) mass is 449 g/mol. The second-order valence-corrected chi connectivity index (χ2v) is 8.72. The number of anilines is 2. The average Bonchev–Trinajstić information content (AvgIpc) is 2.81. The van der Waals surface area contributed by atoms with Crippen LogP contribution in [0.25, 0.3) is 0 Å². The van der Waals surface area contributed by atoms with E-state index in [-0.39, 0.29) is 24.3 Å². The van der Waals surface area contributed by atoms with Gasteiger partial charge in [-0.15, -0.1) is 0 Å². The molecule has 0 spiro atoms. The summed E-state index contributed by atoms with van der Waals surface area (Å²) in [6.45, 7) is 3.34. The fourth-order valence-corrected chi connectivity index (χ4v) is 4.50. The normalized spacial score (nSPS) is 17.3. The first kappa shape index (κ1) is 22.8. The first-order valence-electron chi connectivity index (χ1n) is 11.6. The van der Waals surface area contributed by atoms with E-state index in [9.17, 15) is 14.4 Å². The Balaban J connectivity index is 1.66. The summed E-state index contributed by atoms with van der Waals surface area (Å²) >= 11 is 0. The number of likely N-dealkylation sites (N-methyl/N-ethyl adjacent to an activating group) is 1. The van der Waals surface area contributed by atoms with E-state index in [2.05, 4.69) is 0 Å². The van der Waals surface area contributed by atoms with Gasteiger partial charge in [-0.3, -0.25) is 14.4 Å². The largest absolute Gasteiger partial charge is 0.482 e. The minimum absolute atomic E-state index is 0.00630. The van der Waals surface area contributed by atoms with E-state index >= 15 is 0 Å². The molecule has 0 bridgehead atoms. The molecule has 7 nitrogen and oxygen atoms in total. The Morgan fingerprint density at radius 1 is 0.909 bits per heavy atom. The lowest BCUT2D eigenvalue weighted by atomic mass is 10.1. The third kappa shape index (κ3) is 5.02. The van der Waals surface area contributed by atoms with Crippen LogP contribution in [0.2, 0.25) is 0 Å². The van der Waals surface area contributed by atoms with Crippen LogP contribution in [-0.4, -0.2) is 49.4 Å². The summed E-state index contributed by atoms with van der Waals surface area (Å²) in [5, 5.41) is 0. The van der Waals surface area contributed by atoms with Gasteiger partial charge in [0, 0.05) is 44.9 Å². The van der Waals surface area contributed by atoms with Crippen LogP contribution in [0, 0.1) is 0 Å². The summed E-state index contributed by atoms with van der Waals surface area (Å²) in [5.41, 5.74) is 2.95. The molecule has 0 atom stereocenters. The lowest BCUT2D eigenvalue weighted by Gasteiger charge is -2.30. The number of para-hydroxylation sites is 1. The minimum Gasteiger partial charge on any atom is -0.482 e. The molecule has 3 amide bonds. The molecule has 2 heterocycles. The summed E-state index contributed by atoms with van der Waals surface area (Å²) in [5.74, 6) is 0.381. The summed E-state index contributed by atoms with van der Waals surface area (Å²) in [4.78, 5) is 43.3. The van der Waals surface area contributed by atoms with Crippen molar-refractivity contribution in [2.45, 2.75) is 45.6 Å². The van der Waals surface area contributed by atoms with Crippen molar-refractivity contribution >= 4 is 29.1 Å². The maximum absolute atomic E-state index is 13.6. The Bertz CT molecular complexity index is 1050. The summed E-state index contributed by atoms with van der Waals surface area (Å²) in [6.07, 6.45) is 5.08. The molecule has 33 heavy (non-hydrogen) atoms. The molecule has 2 aromatic carbocycles. The lowest BCUT2D eigenvalue weighted by molar-refractivity contribution is -0.121. The van der Waals surface area contributed by atoms with Gasteiger partial charge in [-0.1, -0.05) is 37.5 Å². The molecule has 0 saturated carbocycles. The number of amides is 3. The predicted octanol–water partition coefficient (Wildman–Crippen LogP) is 4.00. The zero-order valence-electron chi connectivity index (χ0n) is 19.4. The fourth-order valence-electron chi connectivity index (χ4n) is 4.50. The highest BCUT2D eigenvalue weighted by Crippen LogP contribution is 2.33. The molecule has 0 fully saturated rings. The van der Waals surface area contributed by atoms with E-state index in [1.165, 1.54) is 4.90 Å². The second-order valence-electron chi connectivity index (χ2n) is 8.72. The Morgan fingerprint density at radius 3 is 2.42 bits per heavy atom. The summed E-state index contributed by atoms with van der Waals surface area (Å²) in [6, 6.07) is 13.1. The van der Waals surface area contributed by atoms with Gasteiger partial charge < -0.3 is 19.4 Å². The second kappa shape index (κ2) is 10.1. The molecule has 2 aliphatic heterocycles.